The first-order valence-corrected chi connectivity index (χ1v) is 9.54. The van der Waals surface area contributed by atoms with Crippen LogP contribution in [0.4, 0.5) is 11.5 Å². The lowest BCUT2D eigenvalue weighted by molar-refractivity contribution is 0.349. The average molecular weight is 382 g/mol. The number of aromatic nitrogens is 1. The van der Waals surface area contributed by atoms with E-state index in [0.29, 0.717) is 40.9 Å². The van der Waals surface area contributed by atoms with Gasteiger partial charge in [-0.05, 0) is 18.9 Å². The van der Waals surface area contributed by atoms with Gasteiger partial charge >= 0.3 is 0 Å². The van der Waals surface area contributed by atoms with Gasteiger partial charge in [-0.2, -0.15) is 10.2 Å². The van der Waals surface area contributed by atoms with Crippen molar-refractivity contribution in [2.45, 2.75) is 33.1 Å². The van der Waals surface area contributed by atoms with Gasteiger partial charge in [0.2, 0.25) is 5.88 Å². The maximum Gasteiger partial charge on any atom is 0.226 e. The van der Waals surface area contributed by atoms with E-state index < -0.39 is 0 Å². The topological polar surface area (TPSA) is 88.4 Å². The van der Waals surface area contributed by atoms with E-state index in [4.69, 9.17) is 14.2 Å². The number of ether oxygens (including phenoxy) is 3. The minimum atomic E-state index is 0.510. The molecule has 3 rings (SSSR count). The van der Waals surface area contributed by atoms with E-state index in [1.165, 1.54) is 0 Å². The molecule has 0 fully saturated rings. The maximum absolute atomic E-state index is 9.80. The van der Waals surface area contributed by atoms with Crippen molar-refractivity contribution < 1.29 is 14.2 Å². The minimum absolute atomic E-state index is 0.510. The highest BCUT2D eigenvalue weighted by molar-refractivity contribution is 5.76. The number of anilines is 2. The molecule has 2 N–H and O–H groups in total. The van der Waals surface area contributed by atoms with Crippen LogP contribution in [0.2, 0.25) is 0 Å². The van der Waals surface area contributed by atoms with E-state index in [-0.39, 0.29) is 0 Å². The number of nitriles is 1. The third kappa shape index (κ3) is 3.63. The molecule has 0 radical (unpaired) electrons. The zero-order valence-electron chi connectivity index (χ0n) is 16.8. The van der Waals surface area contributed by atoms with Crippen LogP contribution in [0.25, 0.3) is 0 Å². The van der Waals surface area contributed by atoms with Gasteiger partial charge < -0.3 is 24.8 Å². The average Bonchev–Trinajstić information content (AvgIpc) is 2.73. The summed E-state index contributed by atoms with van der Waals surface area (Å²) in [6.07, 6.45) is 2.47. The van der Waals surface area contributed by atoms with Gasteiger partial charge in [-0.15, -0.1) is 0 Å². The summed E-state index contributed by atoms with van der Waals surface area (Å²) in [7, 11) is 3.20. The van der Waals surface area contributed by atoms with E-state index in [0.717, 1.165) is 42.7 Å². The number of hydrogen-bond donors (Lipinski definition) is 2. The van der Waals surface area contributed by atoms with E-state index in [1.54, 1.807) is 14.2 Å². The molecule has 0 amide bonds. The number of benzene rings is 1. The summed E-state index contributed by atoms with van der Waals surface area (Å²) < 4.78 is 16.9. The second kappa shape index (κ2) is 8.70. The highest BCUT2D eigenvalue weighted by Crippen LogP contribution is 2.45. The van der Waals surface area contributed by atoms with Crippen LogP contribution in [0.1, 0.15) is 43.4 Å². The predicted molar refractivity (Wildman–Crippen MR) is 109 cm³/mol. The van der Waals surface area contributed by atoms with E-state index in [1.807, 2.05) is 12.1 Å². The van der Waals surface area contributed by atoms with Crippen LogP contribution < -0.4 is 24.8 Å². The Hall–Kier alpha value is -3.14. The van der Waals surface area contributed by atoms with E-state index in [9.17, 15) is 5.26 Å². The molecule has 28 heavy (non-hydrogen) atoms. The van der Waals surface area contributed by atoms with Gasteiger partial charge in [0.05, 0.1) is 19.9 Å². The van der Waals surface area contributed by atoms with Crippen molar-refractivity contribution in [1.82, 2.24) is 4.98 Å². The second-order valence-corrected chi connectivity index (χ2v) is 6.55. The quantitative estimate of drug-likeness (QED) is 0.600. The molecule has 1 aromatic heterocycles. The Balaban J connectivity index is 2.11. The molecule has 1 aromatic carbocycles. The first-order chi connectivity index (χ1) is 13.7. The Kier molecular flexibility index (Phi) is 6.09. The van der Waals surface area contributed by atoms with Crippen molar-refractivity contribution in [3.8, 4) is 29.2 Å². The summed E-state index contributed by atoms with van der Waals surface area (Å²) in [4.78, 5) is 4.62. The van der Waals surface area contributed by atoms with Crippen molar-refractivity contribution in [2.24, 2.45) is 0 Å². The Morgan fingerprint density at radius 3 is 2.43 bits per heavy atom. The molecule has 0 spiro atoms. The smallest absolute Gasteiger partial charge is 0.226 e. The van der Waals surface area contributed by atoms with Gasteiger partial charge in [-0.1, -0.05) is 13.8 Å². The molecule has 2 heterocycles. The first-order valence-electron chi connectivity index (χ1n) is 9.54. The molecule has 7 nitrogen and oxygen atoms in total. The second-order valence-electron chi connectivity index (χ2n) is 6.55. The summed E-state index contributed by atoms with van der Waals surface area (Å²) >= 11 is 0. The lowest BCUT2D eigenvalue weighted by Gasteiger charge is -2.25. The lowest BCUT2D eigenvalue weighted by atomic mass is 9.98. The predicted octanol–water partition coefficient (Wildman–Crippen LogP) is 4.31. The third-order valence-corrected chi connectivity index (χ3v) is 4.61. The summed E-state index contributed by atoms with van der Waals surface area (Å²) in [5, 5.41) is 16.4. The lowest BCUT2D eigenvalue weighted by Crippen LogP contribution is -2.15. The fraction of sp³-hybridized carbons (Fsp3) is 0.429. The summed E-state index contributed by atoms with van der Waals surface area (Å²) in [5.41, 5.74) is 3.15. The summed E-state index contributed by atoms with van der Waals surface area (Å²) in [5.74, 6) is 2.99. The number of hydrogen-bond acceptors (Lipinski definition) is 7. The molecule has 1 aliphatic rings. The number of nitrogens with one attached hydrogen (secondary N) is 2. The van der Waals surface area contributed by atoms with Crippen LogP contribution in [-0.4, -0.2) is 32.3 Å². The molecule has 0 aliphatic carbocycles. The number of nitrogens with zero attached hydrogens (tertiary/aromatic N) is 2. The number of pyridine rings is 1. The fourth-order valence-electron chi connectivity index (χ4n) is 3.21. The monoisotopic (exact) mass is 382 g/mol. The van der Waals surface area contributed by atoms with E-state index >= 15 is 0 Å². The van der Waals surface area contributed by atoms with Crippen LogP contribution in [0.5, 0.6) is 23.1 Å². The first kappa shape index (κ1) is 19.6. The highest BCUT2D eigenvalue weighted by Gasteiger charge is 2.27. The molecular weight excluding hydrogens is 356 g/mol. The Labute approximate surface area is 165 Å². The van der Waals surface area contributed by atoms with Gasteiger partial charge in [0, 0.05) is 36.7 Å². The van der Waals surface area contributed by atoms with Crippen LogP contribution in [0.15, 0.2) is 12.1 Å². The third-order valence-electron chi connectivity index (χ3n) is 4.61. The minimum Gasteiger partial charge on any atom is -0.493 e. The Bertz CT molecular complexity index is 906. The highest BCUT2D eigenvalue weighted by atomic mass is 16.5. The molecule has 0 unspecified atom stereocenters. The number of methoxy groups -OCH3 is 2. The largest absolute Gasteiger partial charge is 0.493 e. The van der Waals surface area contributed by atoms with Crippen LogP contribution in [0.3, 0.4) is 0 Å². The fourth-order valence-corrected chi connectivity index (χ4v) is 3.21. The maximum atomic E-state index is 9.80. The van der Waals surface area contributed by atoms with Gasteiger partial charge in [0.25, 0.3) is 0 Å². The van der Waals surface area contributed by atoms with Gasteiger partial charge in [0.1, 0.15) is 23.2 Å². The molecular formula is C21H26N4O3. The van der Waals surface area contributed by atoms with Crippen molar-refractivity contribution in [3.63, 3.8) is 0 Å². The molecule has 148 valence electrons. The molecule has 7 heteroatoms. The standard InChI is InChI=1S/C21H26N4O3/c1-5-7-23-19-14-9-13-10-17(26-3)18(27-4)11-16(13)28-21(14)25-20(15(19)12-22)24-8-6-2/h10-11H,5-9H2,1-4H3,(H2,23,24,25). The zero-order chi connectivity index (χ0) is 20.1. The van der Waals surface area contributed by atoms with Crippen molar-refractivity contribution >= 4 is 11.5 Å². The molecule has 1 aliphatic heterocycles. The number of fused-ring (bicyclic) bond motifs is 2. The summed E-state index contributed by atoms with van der Waals surface area (Å²) in [6, 6.07) is 6.04. The van der Waals surface area contributed by atoms with Crippen molar-refractivity contribution in [3.05, 3.63) is 28.8 Å². The molecule has 0 saturated heterocycles. The van der Waals surface area contributed by atoms with Gasteiger partial charge in [0.15, 0.2) is 11.5 Å². The molecule has 0 bridgehead atoms. The molecule has 0 atom stereocenters. The van der Waals surface area contributed by atoms with Crippen LogP contribution in [0, 0.1) is 11.3 Å². The SMILES string of the molecule is CCCNc1nc2c(c(NCCC)c1C#N)Cc1cc(OC)c(OC)cc1O2. The summed E-state index contributed by atoms with van der Waals surface area (Å²) in [6.45, 7) is 5.65. The van der Waals surface area contributed by atoms with Crippen LogP contribution >= 0.6 is 0 Å². The van der Waals surface area contributed by atoms with Crippen LogP contribution in [-0.2, 0) is 6.42 Å². The normalized spacial score (nSPS) is 11.5. The van der Waals surface area contributed by atoms with E-state index in [2.05, 4.69) is 35.5 Å². The molecule has 2 aromatic rings. The van der Waals surface area contributed by atoms with Gasteiger partial charge in [-0.25, -0.2) is 0 Å². The molecule has 0 saturated carbocycles. The van der Waals surface area contributed by atoms with Crippen molar-refractivity contribution in [2.75, 3.05) is 37.9 Å². The Morgan fingerprint density at radius 1 is 1.11 bits per heavy atom. The number of rotatable bonds is 8. The van der Waals surface area contributed by atoms with Crippen molar-refractivity contribution in [1.29, 1.82) is 5.26 Å². The Morgan fingerprint density at radius 2 is 1.79 bits per heavy atom. The zero-order valence-corrected chi connectivity index (χ0v) is 16.8. The van der Waals surface area contributed by atoms with Gasteiger partial charge in [-0.3, -0.25) is 0 Å².